The van der Waals surface area contributed by atoms with Gasteiger partial charge in [0, 0.05) is 0 Å². The van der Waals surface area contributed by atoms with E-state index in [2.05, 4.69) is 6.58 Å². The fraction of sp³-hybridized carbons (Fsp3) is 0.750. The lowest BCUT2D eigenvalue weighted by atomic mass is 9.80. The maximum absolute atomic E-state index is 9.56. The lowest BCUT2D eigenvalue weighted by molar-refractivity contribution is -0.0516. The Morgan fingerprint density at radius 3 is 2.70 bits per heavy atom. The second kappa shape index (κ2) is 2.36. The second-order valence-electron chi connectivity index (χ2n) is 3.16. The van der Waals surface area contributed by atoms with E-state index in [0.29, 0.717) is 6.42 Å². The van der Waals surface area contributed by atoms with Crippen LogP contribution in [0.4, 0.5) is 0 Å². The number of aliphatic hydroxyl groups excluding tert-OH is 1. The third kappa shape index (κ3) is 1.09. The molecule has 2 atom stereocenters. The molecule has 1 rings (SSSR count). The molecule has 0 aromatic heterocycles. The molecular formula is C8H14O2. The zero-order valence-electron chi connectivity index (χ0n) is 6.30. The average Bonchev–Trinajstić information content (AvgIpc) is 1.84. The van der Waals surface area contributed by atoms with E-state index in [1.54, 1.807) is 6.92 Å². The highest BCUT2D eigenvalue weighted by molar-refractivity contribution is 5.16. The number of hydrogen-bond donors (Lipinski definition) is 2. The summed E-state index contributed by atoms with van der Waals surface area (Å²) in [5.41, 5.74) is -0.288. The normalized spacial score (nSPS) is 41.9. The zero-order valence-corrected chi connectivity index (χ0v) is 6.30. The van der Waals surface area contributed by atoms with Gasteiger partial charge in [0.1, 0.15) is 5.60 Å². The van der Waals surface area contributed by atoms with Crippen molar-refractivity contribution in [1.29, 1.82) is 0 Å². The Labute approximate surface area is 61.2 Å². The van der Waals surface area contributed by atoms with Gasteiger partial charge in [-0.05, 0) is 31.8 Å². The first-order valence-electron chi connectivity index (χ1n) is 3.64. The lowest BCUT2D eigenvalue weighted by Crippen LogP contribution is -2.43. The van der Waals surface area contributed by atoms with Gasteiger partial charge in [0.05, 0.1) is 6.10 Å². The van der Waals surface area contributed by atoms with Gasteiger partial charge in [-0.1, -0.05) is 6.58 Å². The van der Waals surface area contributed by atoms with Gasteiger partial charge < -0.3 is 10.2 Å². The van der Waals surface area contributed by atoms with Gasteiger partial charge in [0.15, 0.2) is 0 Å². The second-order valence-corrected chi connectivity index (χ2v) is 3.16. The molecule has 0 saturated heterocycles. The van der Waals surface area contributed by atoms with E-state index >= 15 is 0 Å². The highest BCUT2D eigenvalue weighted by atomic mass is 16.3. The molecule has 1 aliphatic carbocycles. The van der Waals surface area contributed by atoms with Crippen molar-refractivity contribution in [1.82, 2.24) is 0 Å². The average molecular weight is 142 g/mol. The molecule has 1 fully saturated rings. The van der Waals surface area contributed by atoms with Crippen LogP contribution < -0.4 is 0 Å². The molecule has 1 saturated carbocycles. The minimum Gasteiger partial charge on any atom is -0.390 e. The summed E-state index contributed by atoms with van der Waals surface area (Å²) in [6, 6.07) is 0. The Morgan fingerprint density at radius 1 is 1.70 bits per heavy atom. The van der Waals surface area contributed by atoms with Gasteiger partial charge in [-0.2, -0.15) is 0 Å². The topological polar surface area (TPSA) is 40.5 Å². The van der Waals surface area contributed by atoms with Crippen LogP contribution >= 0.6 is 0 Å². The highest BCUT2D eigenvalue weighted by Gasteiger charge is 2.35. The number of aliphatic hydroxyl groups is 2. The van der Waals surface area contributed by atoms with Crippen molar-refractivity contribution in [3.63, 3.8) is 0 Å². The first-order chi connectivity index (χ1) is 4.55. The van der Waals surface area contributed by atoms with Crippen molar-refractivity contribution >= 4 is 0 Å². The van der Waals surface area contributed by atoms with Crippen LogP contribution in [0.2, 0.25) is 0 Å². The SMILES string of the molecule is C=C1CCC[C@H](O)[C@]1(C)O. The summed E-state index contributed by atoms with van der Waals surface area (Å²) in [5, 5.41) is 18.9. The standard InChI is InChI=1S/C8H14O2/c1-6-4-3-5-7(9)8(6,2)10/h7,9-10H,1,3-5H2,2H3/t7-,8+/m0/s1. The first kappa shape index (κ1) is 7.76. The highest BCUT2D eigenvalue weighted by Crippen LogP contribution is 2.31. The Morgan fingerprint density at radius 2 is 2.30 bits per heavy atom. The molecule has 0 aliphatic heterocycles. The van der Waals surface area contributed by atoms with E-state index in [1.165, 1.54) is 0 Å². The minimum absolute atomic E-state index is 0.617. The molecule has 0 radical (unpaired) electrons. The Hall–Kier alpha value is -0.340. The predicted molar refractivity (Wildman–Crippen MR) is 39.6 cm³/mol. The molecule has 58 valence electrons. The molecule has 0 aromatic carbocycles. The zero-order chi connectivity index (χ0) is 7.78. The molecule has 0 spiro atoms. The summed E-state index contributed by atoms with van der Waals surface area (Å²) in [6.45, 7) is 5.33. The molecule has 0 unspecified atom stereocenters. The van der Waals surface area contributed by atoms with E-state index in [-0.39, 0.29) is 0 Å². The van der Waals surface area contributed by atoms with Crippen molar-refractivity contribution in [2.75, 3.05) is 0 Å². The van der Waals surface area contributed by atoms with Crippen LogP contribution in [0.3, 0.4) is 0 Å². The van der Waals surface area contributed by atoms with Gasteiger partial charge in [-0.25, -0.2) is 0 Å². The Balaban J connectivity index is 2.73. The van der Waals surface area contributed by atoms with E-state index in [9.17, 15) is 10.2 Å². The van der Waals surface area contributed by atoms with Crippen LogP contribution in [-0.2, 0) is 0 Å². The summed E-state index contributed by atoms with van der Waals surface area (Å²) in [7, 11) is 0. The van der Waals surface area contributed by atoms with Crippen molar-refractivity contribution in [2.45, 2.75) is 37.9 Å². The van der Waals surface area contributed by atoms with Crippen LogP contribution in [0.5, 0.6) is 0 Å². The van der Waals surface area contributed by atoms with E-state index in [4.69, 9.17) is 0 Å². The summed E-state index contributed by atoms with van der Waals surface area (Å²) >= 11 is 0. The van der Waals surface area contributed by atoms with Crippen LogP contribution in [0.25, 0.3) is 0 Å². The molecule has 2 N–H and O–H groups in total. The van der Waals surface area contributed by atoms with Crippen molar-refractivity contribution < 1.29 is 10.2 Å². The molecule has 2 nitrogen and oxygen atoms in total. The maximum atomic E-state index is 9.56. The van der Waals surface area contributed by atoms with Crippen LogP contribution in [0.1, 0.15) is 26.2 Å². The molecular weight excluding hydrogens is 128 g/mol. The van der Waals surface area contributed by atoms with Crippen LogP contribution in [-0.4, -0.2) is 21.9 Å². The summed E-state index contributed by atoms with van der Waals surface area (Å²) in [6.07, 6.45) is 1.85. The lowest BCUT2D eigenvalue weighted by Gasteiger charge is -2.35. The summed E-state index contributed by atoms with van der Waals surface area (Å²) in [5.74, 6) is 0. The molecule has 1 aliphatic rings. The third-order valence-corrected chi connectivity index (χ3v) is 2.32. The first-order valence-corrected chi connectivity index (χ1v) is 3.64. The Bertz CT molecular complexity index is 149. The molecule has 0 heterocycles. The Kier molecular flexibility index (Phi) is 1.84. The fourth-order valence-electron chi connectivity index (χ4n) is 1.28. The van der Waals surface area contributed by atoms with Crippen molar-refractivity contribution in [2.24, 2.45) is 0 Å². The smallest absolute Gasteiger partial charge is 0.108 e. The monoisotopic (exact) mass is 142 g/mol. The molecule has 2 heteroatoms. The predicted octanol–water partition coefficient (Wildman–Crippen LogP) is 0.838. The fourth-order valence-corrected chi connectivity index (χ4v) is 1.28. The van der Waals surface area contributed by atoms with E-state index < -0.39 is 11.7 Å². The summed E-state index contributed by atoms with van der Waals surface area (Å²) < 4.78 is 0. The number of hydrogen-bond acceptors (Lipinski definition) is 2. The van der Waals surface area contributed by atoms with Gasteiger partial charge in [0.25, 0.3) is 0 Å². The molecule has 10 heavy (non-hydrogen) atoms. The molecule has 0 aromatic rings. The molecule has 0 amide bonds. The van der Waals surface area contributed by atoms with Gasteiger partial charge in [-0.3, -0.25) is 0 Å². The third-order valence-electron chi connectivity index (χ3n) is 2.32. The minimum atomic E-state index is -1.04. The van der Waals surface area contributed by atoms with Crippen LogP contribution in [0.15, 0.2) is 12.2 Å². The van der Waals surface area contributed by atoms with Gasteiger partial charge >= 0.3 is 0 Å². The summed E-state index contributed by atoms with van der Waals surface area (Å²) in [4.78, 5) is 0. The van der Waals surface area contributed by atoms with Crippen molar-refractivity contribution in [3.05, 3.63) is 12.2 Å². The quantitative estimate of drug-likeness (QED) is 0.492. The van der Waals surface area contributed by atoms with Crippen LogP contribution in [0, 0.1) is 0 Å². The van der Waals surface area contributed by atoms with Crippen molar-refractivity contribution in [3.8, 4) is 0 Å². The maximum Gasteiger partial charge on any atom is 0.108 e. The van der Waals surface area contributed by atoms with Gasteiger partial charge in [0.2, 0.25) is 0 Å². The largest absolute Gasteiger partial charge is 0.390 e. The van der Waals surface area contributed by atoms with Gasteiger partial charge in [-0.15, -0.1) is 0 Å². The van der Waals surface area contributed by atoms with E-state index in [0.717, 1.165) is 18.4 Å². The molecule has 0 bridgehead atoms. The van der Waals surface area contributed by atoms with E-state index in [1.807, 2.05) is 0 Å². The number of rotatable bonds is 0.